The molecule has 2 heterocycles. The van der Waals surface area contributed by atoms with Crippen LogP contribution in [0.5, 0.6) is 0 Å². The summed E-state index contributed by atoms with van der Waals surface area (Å²) in [4.78, 5) is 16.8. The zero-order valence-electron chi connectivity index (χ0n) is 11.2. The van der Waals surface area contributed by atoms with Gasteiger partial charge in [0.1, 0.15) is 11.6 Å². The molecule has 106 valence electrons. The highest BCUT2D eigenvalue weighted by atomic mass is 16.6. The third-order valence-electron chi connectivity index (χ3n) is 3.61. The third-order valence-corrected chi connectivity index (χ3v) is 3.61. The van der Waals surface area contributed by atoms with E-state index in [1.165, 1.54) is 12.3 Å². The molecule has 0 saturated carbocycles. The molecule has 0 radical (unpaired) electrons. The van der Waals surface area contributed by atoms with Crippen LogP contribution in [-0.4, -0.2) is 29.0 Å². The van der Waals surface area contributed by atoms with E-state index < -0.39 is 4.92 Å². The number of rotatable bonds is 4. The molecule has 1 atom stereocenters. The Balaban J connectivity index is 2.45. The number of anilines is 1. The van der Waals surface area contributed by atoms with Gasteiger partial charge in [0.05, 0.1) is 4.92 Å². The molecule has 0 aliphatic carbocycles. The summed E-state index contributed by atoms with van der Waals surface area (Å²) in [6.07, 6.45) is 5.24. The maximum Gasteiger partial charge on any atom is 0.329 e. The molecule has 20 heavy (non-hydrogen) atoms. The first kappa shape index (κ1) is 14.2. The van der Waals surface area contributed by atoms with Crippen molar-refractivity contribution in [2.45, 2.75) is 31.7 Å². The Morgan fingerprint density at radius 1 is 1.60 bits per heavy atom. The summed E-state index contributed by atoms with van der Waals surface area (Å²) in [5, 5.41) is 20.3. The minimum Gasteiger partial charge on any atom is -0.348 e. The molecule has 1 aliphatic heterocycles. The summed E-state index contributed by atoms with van der Waals surface area (Å²) in [7, 11) is 0. The number of aromatic nitrogens is 1. The van der Waals surface area contributed by atoms with E-state index in [1.54, 1.807) is 0 Å². The second-order valence-corrected chi connectivity index (χ2v) is 4.82. The minimum absolute atomic E-state index is 0.0528. The van der Waals surface area contributed by atoms with Crippen molar-refractivity contribution < 1.29 is 4.92 Å². The van der Waals surface area contributed by atoms with Crippen molar-refractivity contribution in [2.75, 3.05) is 18.0 Å². The van der Waals surface area contributed by atoms with Crippen LogP contribution in [0, 0.1) is 21.4 Å². The Morgan fingerprint density at radius 2 is 2.40 bits per heavy atom. The molecule has 0 aromatic carbocycles. The molecular weight excluding hydrogens is 258 g/mol. The first-order valence-electron chi connectivity index (χ1n) is 6.69. The van der Waals surface area contributed by atoms with E-state index in [1.807, 2.05) is 11.0 Å². The minimum atomic E-state index is -0.519. The zero-order valence-corrected chi connectivity index (χ0v) is 11.2. The van der Waals surface area contributed by atoms with Gasteiger partial charge in [-0.1, -0.05) is 0 Å². The quantitative estimate of drug-likeness (QED) is 0.659. The summed E-state index contributed by atoms with van der Waals surface area (Å²) in [5.41, 5.74) is 5.48. The molecule has 1 aromatic rings. The molecule has 1 fully saturated rings. The summed E-state index contributed by atoms with van der Waals surface area (Å²) < 4.78 is 0. The van der Waals surface area contributed by atoms with E-state index in [9.17, 15) is 10.1 Å². The average Bonchev–Trinajstić information content (AvgIpc) is 2.47. The molecule has 0 bridgehead atoms. The Morgan fingerprint density at radius 3 is 3.05 bits per heavy atom. The van der Waals surface area contributed by atoms with Gasteiger partial charge in [0.15, 0.2) is 0 Å². The number of nitriles is 1. The van der Waals surface area contributed by atoms with E-state index in [-0.39, 0.29) is 17.3 Å². The van der Waals surface area contributed by atoms with Crippen molar-refractivity contribution in [1.29, 1.82) is 5.26 Å². The summed E-state index contributed by atoms with van der Waals surface area (Å²) in [6.45, 7) is 1.25. The topological polar surface area (TPSA) is 109 Å². The monoisotopic (exact) mass is 275 g/mol. The van der Waals surface area contributed by atoms with Crippen LogP contribution in [0.15, 0.2) is 12.3 Å². The third kappa shape index (κ3) is 2.70. The molecule has 7 heteroatoms. The van der Waals surface area contributed by atoms with Crippen LogP contribution in [0.25, 0.3) is 0 Å². The summed E-state index contributed by atoms with van der Waals surface area (Å²) >= 11 is 0. The van der Waals surface area contributed by atoms with E-state index in [0.29, 0.717) is 18.9 Å². The molecule has 7 nitrogen and oxygen atoms in total. The Kier molecular flexibility index (Phi) is 4.48. The maximum absolute atomic E-state index is 11.3. The molecule has 2 N–H and O–H groups in total. The van der Waals surface area contributed by atoms with E-state index in [4.69, 9.17) is 11.0 Å². The van der Waals surface area contributed by atoms with Gasteiger partial charge >= 0.3 is 5.69 Å². The van der Waals surface area contributed by atoms with Gasteiger partial charge in [-0.25, -0.2) is 4.98 Å². The first-order chi connectivity index (χ1) is 9.69. The van der Waals surface area contributed by atoms with Crippen LogP contribution in [0.1, 0.15) is 31.2 Å². The first-order valence-corrected chi connectivity index (χ1v) is 6.69. The van der Waals surface area contributed by atoms with Crippen LogP contribution in [0.3, 0.4) is 0 Å². The van der Waals surface area contributed by atoms with Gasteiger partial charge in [-0.2, -0.15) is 5.26 Å². The number of hydrogen-bond acceptors (Lipinski definition) is 6. The predicted octanol–water partition coefficient (Wildman–Crippen LogP) is 1.57. The van der Waals surface area contributed by atoms with Crippen LogP contribution >= 0.6 is 0 Å². The van der Waals surface area contributed by atoms with E-state index >= 15 is 0 Å². The normalized spacial score (nSPS) is 18.6. The number of nitrogens with two attached hydrogens (primary N) is 1. The van der Waals surface area contributed by atoms with Gasteiger partial charge in [-0.15, -0.1) is 0 Å². The number of piperidine rings is 1. The number of pyridine rings is 1. The molecular formula is C13H17N5O2. The van der Waals surface area contributed by atoms with Crippen molar-refractivity contribution in [3.05, 3.63) is 27.9 Å². The molecule has 0 amide bonds. The van der Waals surface area contributed by atoms with Gasteiger partial charge < -0.3 is 10.6 Å². The van der Waals surface area contributed by atoms with Crippen LogP contribution in [0.4, 0.5) is 11.5 Å². The molecule has 1 unspecified atom stereocenters. The number of nitro groups is 1. The smallest absolute Gasteiger partial charge is 0.329 e. The standard InChI is InChI=1S/C13H17N5O2/c14-6-4-11-3-1-2-8-17(11)13-12(18(19)20)10(9-15)5-7-16-13/h5,7,11H,1-4,6,8,14H2. The lowest BCUT2D eigenvalue weighted by Crippen LogP contribution is -2.41. The molecule has 1 aromatic heterocycles. The van der Waals surface area contributed by atoms with Gasteiger partial charge in [-0.3, -0.25) is 10.1 Å². The van der Waals surface area contributed by atoms with Crippen LogP contribution in [0.2, 0.25) is 0 Å². The lowest BCUT2D eigenvalue weighted by Gasteiger charge is -2.36. The molecule has 1 aliphatic rings. The molecule has 1 saturated heterocycles. The van der Waals surface area contributed by atoms with Gasteiger partial charge in [0.25, 0.3) is 0 Å². The SMILES string of the molecule is N#Cc1ccnc(N2CCCCC2CCN)c1[N+](=O)[O-]. The summed E-state index contributed by atoms with van der Waals surface area (Å²) in [6, 6.07) is 3.41. The fourth-order valence-corrected chi connectivity index (χ4v) is 2.70. The predicted molar refractivity (Wildman–Crippen MR) is 74.3 cm³/mol. The van der Waals surface area contributed by atoms with Crippen molar-refractivity contribution in [3.63, 3.8) is 0 Å². The Bertz CT molecular complexity index is 538. The largest absolute Gasteiger partial charge is 0.348 e. The van der Waals surface area contributed by atoms with Crippen molar-refractivity contribution >= 4 is 11.5 Å². The highest BCUT2D eigenvalue weighted by molar-refractivity contribution is 5.65. The van der Waals surface area contributed by atoms with Gasteiger partial charge in [0.2, 0.25) is 5.82 Å². The fourth-order valence-electron chi connectivity index (χ4n) is 2.70. The van der Waals surface area contributed by atoms with Crippen molar-refractivity contribution in [3.8, 4) is 6.07 Å². The lowest BCUT2D eigenvalue weighted by molar-refractivity contribution is -0.384. The van der Waals surface area contributed by atoms with Crippen molar-refractivity contribution in [1.82, 2.24) is 4.98 Å². The van der Waals surface area contributed by atoms with Gasteiger partial charge in [-0.05, 0) is 38.3 Å². The number of hydrogen-bond donors (Lipinski definition) is 1. The molecule has 2 rings (SSSR count). The Hall–Kier alpha value is -2.20. The Labute approximate surface area is 117 Å². The molecule has 0 spiro atoms. The highest BCUT2D eigenvalue weighted by Crippen LogP contribution is 2.33. The number of nitrogens with zero attached hydrogens (tertiary/aromatic N) is 4. The highest BCUT2D eigenvalue weighted by Gasteiger charge is 2.31. The fraction of sp³-hybridized carbons (Fsp3) is 0.538. The van der Waals surface area contributed by atoms with Crippen molar-refractivity contribution in [2.24, 2.45) is 5.73 Å². The van der Waals surface area contributed by atoms with Gasteiger partial charge in [0, 0.05) is 18.8 Å². The second kappa shape index (κ2) is 6.30. The van der Waals surface area contributed by atoms with Crippen LogP contribution < -0.4 is 10.6 Å². The average molecular weight is 275 g/mol. The zero-order chi connectivity index (χ0) is 14.5. The second-order valence-electron chi connectivity index (χ2n) is 4.82. The van der Waals surface area contributed by atoms with E-state index in [0.717, 1.165) is 25.7 Å². The summed E-state index contributed by atoms with van der Waals surface area (Å²) in [5.74, 6) is 0.298. The van der Waals surface area contributed by atoms with Crippen LogP contribution in [-0.2, 0) is 0 Å². The maximum atomic E-state index is 11.3. The lowest BCUT2D eigenvalue weighted by atomic mass is 9.99. The van der Waals surface area contributed by atoms with E-state index in [2.05, 4.69) is 4.98 Å².